The minimum atomic E-state index is -4.93. The van der Waals surface area contributed by atoms with E-state index in [0.29, 0.717) is 28.3 Å². The third-order valence-corrected chi connectivity index (χ3v) is 13.3. The molecule has 5 radical (unpaired) electrons. The quantitative estimate of drug-likeness (QED) is 0.139. The third kappa shape index (κ3) is 5.30. The number of hydrogen-bond donors (Lipinski definition) is 0. The van der Waals surface area contributed by atoms with E-state index >= 15 is 0 Å². The topological polar surface area (TPSA) is 66.8 Å². The van der Waals surface area contributed by atoms with Crippen molar-refractivity contribution in [2.45, 2.75) is 24.5 Å². The fourth-order valence-corrected chi connectivity index (χ4v) is 10.5. The molecule has 0 atom stereocenters. The molecule has 2 heterocycles. The number of nitrogens with zero attached hydrogens (tertiary/aromatic N) is 2. The SMILES string of the molecule is Cc1c(N(Cc2ccc(F)c(C(F)(F)F)c2)S(=O)(=O)c2ccc([C]3=NS[C](=O)[Na]3)cc2)sc2ccccc12. The van der Waals surface area contributed by atoms with Gasteiger partial charge in [-0.1, -0.05) is 0 Å². The Morgan fingerprint density at radius 2 is 1.74 bits per heavy atom. The van der Waals surface area contributed by atoms with E-state index in [1.54, 1.807) is 19.1 Å². The van der Waals surface area contributed by atoms with E-state index in [1.165, 1.54) is 23.5 Å². The molecule has 1 aliphatic heterocycles. The number of thiophene rings is 1. The van der Waals surface area contributed by atoms with Crippen molar-refractivity contribution < 1.29 is 30.8 Å². The first-order valence-corrected chi connectivity index (χ1v) is 16.5. The van der Waals surface area contributed by atoms with Crippen molar-refractivity contribution >= 4 is 80.0 Å². The Hall–Kier alpha value is -2.22. The van der Waals surface area contributed by atoms with Crippen LogP contribution in [0.1, 0.15) is 22.3 Å². The van der Waals surface area contributed by atoms with Gasteiger partial charge in [-0.05, 0) is 0 Å². The van der Waals surface area contributed by atoms with Crippen molar-refractivity contribution in [3.63, 3.8) is 0 Å². The van der Waals surface area contributed by atoms with Crippen LogP contribution >= 0.6 is 23.3 Å². The second-order valence-electron chi connectivity index (χ2n) is 8.89. The molecule has 0 unspecified atom stereocenters. The van der Waals surface area contributed by atoms with E-state index in [-0.39, 0.29) is 12.8 Å². The number of aryl methyl sites for hydroxylation is 1. The molecule has 0 saturated carbocycles. The molecule has 4 aromatic rings. The van der Waals surface area contributed by atoms with Gasteiger partial charge in [0.25, 0.3) is 0 Å². The van der Waals surface area contributed by atoms with Gasteiger partial charge in [-0.2, -0.15) is 13.2 Å². The first kappa shape index (κ1) is 27.4. The Kier molecular flexibility index (Phi) is 7.48. The summed E-state index contributed by atoms with van der Waals surface area (Å²) in [7, 11) is -4.26. The molecular weight excluding hydrogens is 571 g/mol. The molecular formula is C25H16F4N2NaO3S3. The summed E-state index contributed by atoms with van der Waals surface area (Å²) >= 11 is 0.391. The molecule has 5 nitrogen and oxygen atoms in total. The van der Waals surface area contributed by atoms with Crippen LogP contribution in [0.4, 0.5) is 27.4 Å². The summed E-state index contributed by atoms with van der Waals surface area (Å²) in [6.45, 7) is 1.32. The van der Waals surface area contributed by atoms with Gasteiger partial charge in [0.05, 0.1) is 0 Å². The monoisotopic (exact) mass is 587 g/mol. The van der Waals surface area contributed by atoms with Gasteiger partial charge < -0.3 is 0 Å². The standard InChI is InChI=1S/C25H16F4N2O3S3.Na/c1-16-20-4-2-3-5-23(20)36-24(16)31(14-18-8-11-22(26)21(12-18)25(27,28)29)37(33,34)19-9-6-17(7-10-19)13-30-35-15-32;/h2-12H,14H2,1H3;. The van der Waals surface area contributed by atoms with E-state index < -0.39 is 60.4 Å². The number of carbonyl (C=O) groups is 1. The Labute approximate surface area is 237 Å². The van der Waals surface area contributed by atoms with Crippen molar-refractivity contribution in [3.8, 4) is 0 Å². The van der Waals surface area contributed by atoms with E-state index in [9.17, 15) is 30.8 Å². The molecule has 0 saturated heterocycles. The number of carbonyl (C=O) groups excluding carboxylic acids is 1. The van der Waals surface area contributed by atoms with Crippen LogP contribution in [-0.2, 0) is 22.7 Å². The van der Waals surface area contributed by atoms with E-state index in [4.69, 9.17) is 0 Å². The molecule has 13 heteroatoms. The summed E-state index contributed by atoms with van der Waals surface area (Å²) in [5.41, 5.74) is -0.128. The van der Waals surface area contributed by atoms with E-state index in [2.05, 4.69) is 4.40 Å². The molecule has 191 valence electrons. The first-order valence-electron chi connectivity index (χ1n) is 11.5. The van der Waals surface area contributed by atoms with Crippen molar-refractivity contribution in [2.75, 3.05) is 4.31 Å². The number of rotatable bonds is 6. The summed E-state index contributed by atoms with van der Waals surface area (Å²) in [4.78, 5) is 11.6. The summed E-state index contributed by atoms with van der Waals surface area (Å²) in [6.07, 6.45) is -4.93. The first-order chi connectivity index (χ1) is 17.9. The molecule has 0 fully saturated rings. The Morgan fingerprint density at radius 1 is 1.03 bits per heavy atom. The van der Waals surface area contributed by atoms with E-state index in [1.807, 2.05) is 24.3 Å². The van der Waals surface area contributed by atoms with Gasteiger partial charge in [0, 0.05) is 0 Å². The normalized spacial score (nSPS) is 14.2. The number of hydrogen-bond acceptors (Lipinski definition) is 6. The Bertz CT molecular complexity index is 1700. The van der Waals surface area contributed by atoms with Crippen molar-refractivity contribution in [1.82, 2.24) is 0 Å². The van der Waals surface area contributed by atoms with Gasteiger partial charge >= 0.3 is 221 Å². The number of alkyl halides is 3. The summed E-state index contributed by atoms with van der Waals surface area (Å²) in [5, 5.41) is 1.18. The molecule has 1 aliphatic rings. The second kappa shape index (κ2) is 10.4. The molecule has 0 amide bonds. The molecule has 38 heavy (non-hydrogen) atoms. The summed E-state index contributed by atoms with van der Waals surface area (Å²) < 4.78 is 88.9. The van der Waals surface area contributed by atoms with Crippen LogP contribution in [0.3, 0.4) is 0 Å². The van der Waals surface area contributed by atoms with E-state index in [0.717, 1.165) is 35.4 Å². The molecule has 1 aromatic heterocycles. The molecule has 0 spiro atoms. The molecule has 3 aromatic carbocycles. The maximum absolute atomic E-state index is 14.0. The number of sulfonamides is 1. The molecule has 0 bridgehead atoms. The van der Waals surface area contributed by atoms with Crippen molar-refractivity contribution in [1.29, 1.82) is 0 Å². The zero-order chi connectivity index (χ0) is 27.2. The average Bonchev–Trinajstić information content (AvgIpc) is 3.46. The maximum atomic E-state index is 14.0. The van der Waals surface area contributed by atoms with Gasteiger partial charge in [-0.25, -0.2) is 4.39 Å². The van der Waals surface area contributed by atoms with Crippen LogP contribution in [0.5, 0.6) is 0 Å². The number of halogens is 4. The summed E-state index contributed by atoms with van der Waals surface area (Å²) in [6, 6.07) is 15.8. The Morgan fingerprint density at radius 3 is 2.37 bits per heavy atom. The predicted molar refractivity (Wildman–Crippen MR) is 143 cm³/mol. The van der Waals surface area contributed by atoms with Gasteiger partial charge in [0.15, 0.2) is 0 Å². The summed E-state index contributed by atoms with van der Waals surface area (Å²) in [5.74, 6) is -1.43. The van der Waals surface area contributed by atoms with Gasteiger partial charge in [-0.3, -0.25) is 0 Å². The second-order valence-corrected chi connectivity index (χ2v) is 15.8. The third-order valence-electron chi connectivity index (χ3n) is 6.32. The number of benzene rings is 3. The zero-order valence-corrected chi connectivity index (χ0v) is 24.4. The van der Waals surface area contributed by atoms with Crippen LogP contribution in [0.25, 0.3) is 10.1 Å². The Balaban J connectivity index is 1.60. The van der Waals surface area contributed by atoms with Crippen LogP contribution in [0, 0.1) is 12.7 Å². The molecule has 5 rings (SSSR count). The van der Waals surface area contributed by atoms with Crippen LogP contribution in [0.2, 0.25) is 0 Å². The van der Waals surface area contributed by atoms with Crippen molar-refractivity contribution in [3.05, 3.63) is 94.8 Å². The minimum absolute atomic E-state index is 0.0139. The average molecular weight is 588 g/mol. The van der Waals surface area contributed by atoms with Gasteiger partial charge in [0.1, 0.15) is 0 Å². The van der Waals surface area contributed by atoms with Gasteiger partial charge in [-0.15, -0.1) is 0 Å². The predicted octanol–water partition coefficient (Wildman–Crippen LogP) is 7.00. The van der Waals surface area contributed by atoms with Crippen LogP contribution in [-0.4, -0.2) is 40.0 Å². The zero-order valence-electron chi connectivity index (χ0n) is 19.9. The fourth-order valence-electron chi connectivity index (χ4n) is 4.33. The molecule has 0 N–H and O–H groups in total. The van der Waals surface area contributed by atoms with Crippen LogP contribution in [0.15, 0.2) is 76.0 Å². The number of anilines is 1. The van der Waals surface area contributed by atoms with Crippen molar-refractivity contribution in [2.24, 2.45) is 4.40 Å². The number of fused-ring (bicyclic) bond motifs is 1. The molecule has 0 aliphatic carbocycles. The van der Waals surface area contributed by atoms with Gasteiger partial charge in [0.2, 0.25) is 0 Å². The van der Waals surface area contributed by atoms with Crippen LogP contribution < -0.4 is 4.31 Å². The fraction of sp³-hybridized carbons (Fsp3) is 0.120.